The van der Waals surface area contributed by atoms with Crippen molar-refractivity contribution in [3.63, 3.8) is 0 Å². The minimum atomic E-state index is -0.426. The molecule has 1 aromatic rings. The number of carbonyl (C=O) groups excluding carboxylic acids is 1. The van der Waals surface area contributed by atoms with Gasteiger partial charge in [0.25, 0.3) is 5.69 Å². The fourth-order valence-corrected chi connectivity index (χ4v) is 2.54. The predicted octanol–water partition coefficient (Wildman–Crippen LogP) is 3.05. The molecule has 106 valence electrons. The lowest BCUT2D eigenvalue weighted by atomic mass is 10.1. The van der Waals surface area contributed by atoms with E-state index in [2.05, 4.69) is 0 Å². The molecule has 0 amide bonds. The number of hydrogen-bond acceptors (Lipinski definition) is 4. The van der Waals surface area contributed by atoms with Gasteiger partial charge in [-0.25, -0.2) is 0 Å². The summed E-state index contributed by atoms with van der Waals surface area (Å²) >= 11 is 0. The highest BCUT2D eigenvalue weighted by atomic mass is 16.6. The number of benzene rings is 1. The molecule has 1 fully saturated rings. The van der Waals surface area contributed by atoms with Gasteiger partial charge in [0.05, 0.1) is 18.0 Å². The minimum Gasteiger partial charge on any atom is -0.469 e. The van der Waals surface area contributed by atoms with Crippen LogP contribution in [0.4, 0.5) is 5.69 Å². The van der Waals surface area contributed by atoms with Crippen LogP contribution in [-0.2, 0) is 9.53 Å². The second kappa shape index (κ2) is 5.07. The zero-order valence-corrected chi connectivity index (χ0v) is 11.7. The molecule has 5 nitrogen and oxygen atoms in total. The van der Waals surface area contributed by atoms with E-state index in [0.29, 0.717) is 0 Å². The number of nitrogens with zero attached hydrogens (tertiary/aromatic N) is 1. The van der Waals surface area contributed by atoms with Gasteiger partial charge in [0.1, 0.15) is 0 Å². The molecule has 0 saturated heterocycles. The Morgan fingerprint density at radius 2 is 1.95 bits per heavy atom. The Bertz CT molecular complexity index is 560. The van der Waals surface area contributed by atoms with Gasteiger partial charge in [-0.05, 0) is 29.0 Å². The molecule has 1 aliphatic carbocycles. The van der Waals surface area contributed by atoms with Crippen molar-refractivity contribution in [3.8, 4) is 0 Å². The van der Waals surface area contributed by atoms with E-state index in [1.54, 1.807) is 12.1 Å². The molecule has 1 aromatic carbocycles. The van der Waals surface area contributed by atoms with Gasteiger partial charge in [0.15, 0.2) is 0 Å². The maximum Gasteiger partial charge on any atom is 0.309 e. The number of allylic oxidation sites excluding steroid dienone is 1. The third kappa shape index (κ3) is 2.57. The van der Waals surface area contributed by atoms with Crippen molar-refractivity contribution in [3.05, 3.63) is 46.0 Å². The molecule has 0 aromatic heterocycles. The third-order valence-corrected chi connectivity index (χ3v) is 3.97. The molecular formula is C15H17NO4. The van der Waals surface area contributed by atoms with Crippen molar-refractivity contribution in [2.45, 2.75) is 13.8 Å². The van der Waals surface area contributed by atoms with Crippen LogP contribution in [0.3, 0.4) is 0 Å². The van der Waals surface area contributed by atoms with Crippen molar-refractivity contribution in [2.24, 2.45) is 17.3 Å². The van der Waals surface area contributed by atoms with E-state index >= 15 is 0 Å². The molecule has 20 heavy (non-hydrogen) atoms. The SMILES string of the molecule is COC(=O)[C@H]1[C@H](/C=C\c2ccc([N+](=O)[O-])cc2)C1(C)C. The molecule has 0 heterocycles. The van der Waals surface area contributed by atoms with E-state index in [0.717, 1.165) is 5.56 Å². The monoisotopic (exact) mass is 275 g/mol. The Morgan fingerprint density at radius 3 is 2.45 bits per heavy atom. The second-order valence-corrected chi connectivity index (χ2v) is 5.56. The Morgan fingerprint density at radius 1 is 1.35 bits per heavy atom. The lowest BCUT2D eigenvalue weighted by molar-refractivity contribution is -0.384. The van der Waals surface area contributed by atoms with Crippen LogP contribution in [0.15, 0.2) is 30.3 Å². The molecule has 0 aliphatic heterocycles. The van der Waals surface area contributed by atoms with Gasteiger partial charge in [-0.15, -0.1) is 0 Å². The fourth-order valence-electron chi connectivity index (χ4n) is 2.54. The standard InChI is InChI=1S/C15H17NO4/c1-15(2)12(13(15)14(17)20-3)9-6-10-4-7-11(8-5-10)16(18)19/h4-9,12-13H,1-3H3/b9-6-/t12-,13+/m0/s1. The number of carbonyl (C=O) groups is 1. The van der Waals surface area contributed by atoms with Gasteiger partial charge in [0.2, 0.25) is 0 Å². The van der Waals surface area contributed by atoms with E-state index in [-0.39, 0.29) is 28.9 Å². The normalized spacial score (nSPS) is 23.6. The molecule has 0 spiro atoms. The first-order chi connectivity index (χ1) is 9.37. The summed E-state index contributed by atoms with van der Waals surface area (Å²) in [4.78, 5) is 21.7. The van der Waals surface area contributed by atoms with Crippen LogP contribution in [-0.4, -0.2) is 18.0 Å². The molecule has 0 N–H and O–H groups in total. The number of methoxy groups -OCH3 is 1. The molecular weight excluding hydrogens is 258 g/mol. The fraction of sp³-hybridized carbons (Fsp3) is 0.400. The van der Waals surface area contributed by atoms with Crippen molar-refractivity contribution < 1.29 is 14.5 Å². The highest BCUT2D eigenvalue weighted by Gasteiger charge is 2.61. The second-order valence-electron chi connectivity index (χ2n) is 5.56. The average Bonchev–Trinajstić information content (AvgIpc) is 2.97. The molecule has 0 radical (unpaired) electrons. The number of hydrogen-bond donors (Lipinski definition) is 0. The highest BCUT2D eigenvalue weighted by molar-refractivity contribution is 5.78. The van der Waals surface area contributed by atoms with Crippen LogP contribution >= 0.6 is 0 Å². The number of non-ortho nitro benzene ring substituents is 1. The lowest BCUT2D eigenvalue weighted by Gasteiger charge is -1.99. The maximum atomic E-state index is 11.6. The van der Waals surface area contributed by atoms with E-state index in [1.807, 2.05) is 26.0 Å². The maximum absolute atomic E-state index is 11.6. The van der Waals surface area contributed by atoms with Crippen molar-refractivity contribution in [2.75, 3.05) is 7.11 Å². The first-order valence-corrected chi connectivity index (χ1v) is 6.38. The number of ether oxygens (including phenoxy) is 1. The molecule has 2 atom stereocenters. The van der Waals surface area contributed by atoms with Crippen LogP contribution < -0.4 is 0 Å². The number of nitro benzene ring substituents is 1. The Kier molecular flexibility index (Phi) is 3.61. The zero-order chi connectivity index (χ0) is 14.9. The Hall–Kier alpha value is -2.17. The van der Waals surface area contributed by atoms with E-state index in [9.17, 15) is 14.9 Å². The van der Waals surface area contributed by atoms with Crippen LogP contribution in [0, 0.1) is 27.4 Å². The first-order valence-electron chi connectivity index (χ1n) is 6.38. The van der Waals surface area contributed by atoms with E-state index in [1.165, 1.54) is 19.2 Å². The first kappa shape index (κ1) is 14.2. The molecule has 0 bridgehead atoms. The summed E-state index contributed by atoms with van der Waals surface area (Å²) in [7, 11) is 1.40. The molecule has 1 aliphatic rings. The van der Waals surface area contributed by atoms with Crippen LogP contribution in [0.5, 0.6) is 0 Å². The molecule has 0 unspecified atom stereocenters. The van der Waals surface area contributed by atoms with Crippen LogP contribution in [0.25, 0.3) is 6.08 Å². The summed E-state index contributed by atoms with van der Waals surface area (Å²) in [6.07, 6.45) is 3.86. The van der Waals surface area contributed by atoms with Gasteiger partial charge in [-0.2, -0.15) is 0 Å². The smallest absolute Gasteiger partial charge is 0.309 e. The van der Waals surface area contributed by atoms with Crippen molar-refractivity contribution >= 4 is 17.7 Å². The number of nitro groups is 1. The summed E-state index contributed by atoms with van der Waals surface area (Å²) in [5.41, 5.74) is 0.855. The van der Waals surface area contributed by atoms with E-state index in [4.69, 9.17) is 4.74 Å². The summed E-state index contributed by atoms with van der Waals surface area (Å²) < 4.78 is 4.79. The summed E-state index contributed by atoms with van der Waals surface area (Å²) in [6.45, 7) is 4.05. The lowest BCUT2D eigenvalue weighted by Crippen LogP contribution is -2.07. The Balaban J connectivity index is 2.07. The van der Waals surface area contributed by atoms with Crippen molar-refractivity contribution in [1.29, 1.82) is 0 Å². The van der Waals surface area contributed by atoms with Gasteiger partial charge < -0.3 is 4.74 Å². The quantitative estimate of drug-likeness (QED) is 0.481. The summed E-state index contributed by atoms with van der Waals surface area (Å²) in [5, 5.41) is 10.6. The Labute approximate surface area is 117 Å². The molecule has 5 heteroatoms. The third-order valence-electron chi connectivity index (χ3n) is 3.97. The predicted molar refractivity (Wildman–Crippen MR) is 74.9 cm³/mol. The van der Waals surface area contributed by atoms with Gasteiger partial charge in [-0.1, -0.05) is 26.0 Å². The summed E-state index contributed by atoms with van der Waals surface area (Å²) in [5.74, 6) is -0.153. The largest absolute Gasteiger partial charge is 0.469 e. The number of esters is 1. The van der Waals surface area contributed by atoms with Gasteiger partial charge in [-0.3, -0.25) is 14.9 Å². The molecule has 2 rings (SSSR count). The van der Waals surface area contributed by atoms with Crippen LogP contribution in [0.1, 0.15) is 19.4 Å². The summed E-state index contributed by atoms with van der Waals surface area (Å²) in [6, 6.07) is 6.32. The van der Waals surface area contributed by atoms with Crippen LogP contribution in [0.2, 0.25) is 0 Å². The minimum absolute atomic E-state index is 0.0707. The topological polar surface area (TPSA) is 69.4 Å². The van der Waals surface area contributed by atoms with Gasteiger partial charge in [0, 0.05) is 12.1 Å². The van der Waals surface area contributed by atoms with Gasteiger partial charge >= 0.3 is 5.97 Å². The van der Waals surface area contributed by atoms with Crippen molar-refractivity contribution in [1.82, 2.24) is 0 Å². The zero-order valence-electron chi connectivity index (χ0n) is 11.7. The average molecular weight is 275 g/mol. The number of rotatable bonds is 4. The molecule has 1 saturated carbocycles. The highest BCUT2D eigenvalue weighted by Crippen LogP contribution is 2.59. The van der Waals surface area contributed by atoms with E-state index < -0.39 is 4.92 Å².